The van der Waals surface area contributed by atoms with Crippen molar-refractivity contribution in [3.8, 4) is 0 Å². The van der Waals surface area contributed by atoms with E-state index in [1.165, 1.54) is 5.56 Å². The highest BCUT2D eigenvalue weighted by atomic mass is 79.9. The molecule has 0 aliphatic carbocycles. The Morgan fingerprint density at radius 3 is 2.63 bits per heavy atom. The van der Waals surface area contributed by atoms with Gasteiger partial charge in [0.1, 0.15) is 4.99 Å². The second-order valence-electron chi connectivity index (χ2n) is 4.40. The monoisotopic (exact) mass is 334 g/mol. The minimum absolute atomic E-state index is 0.428. The van der Waals surface area contributed by atoms with Crippen LogP contribution in [0.3, 0.4) is 0 Å². The fourth-order valence-electron chi connectivity index (χ4n) is 1.90. The molecule has 98 valence electrons. The van der Waals surface area contributed by atoms with Gasteiger partial charge in [-0.1, -0.05) is 52.4 Å². The molecule has 0 spiro atoms. The van der Waals surface area contributed by atoms with Crippen molar-refractivity contribution in [3.05, 3.63) is 64.1 Å². The molecule has 0 fully saturated rings. The van der Waals surface area contributed by atoms with Gasteiger partial charge in [0, 0.05) is 29.3 Å². The van der Waals surface area contributed by atoms with E-state index in [0.717, 1.165) is 22.3 Å². The van der Waals surface area contributed by atoms with Crippen LogP contribution in [-0.4, -0.2) is 12.0 Å². The highest BCUT2D eigenvalue weighted by Crippen LogP contribution is 2.19. The van der Waals surface area contributed by atoms with Crippen LogP contribution in [0.15, 0.2) is 53.0 Å². The molecular weight excluding hydrogens is 320 g/mol. The number of halogens is 1. The molecule has 19 heavy (non-hydrogen) atoms. The maximum absolute atomic E-state index is 5.66. The van der Waals surface area contributed by atoms with E-state index in [9.17, 15) is 0 Å². The van der Waals surface area contributed by atoms with Crippen LogP contribution in [0.25, 0.3) is 0 Å². The van der Waals surface area contributed by atoms with Gasteiger partial charge in [-0.15, -0.1) is 0 Å². The first kappa shape index (κ1) is 14.0. The molecule has 0 aliphatic rings. The molecule has 0 atom stereocenters. The number of nitrogens with zero attached hydrogens (tertiary/aromatic N) is 1. The van der Waals surface area contributed by atoms with Gasteiger partial charge < -0.3 is 10.6 Å². The van der Waals surface area contributed by atoms with Gasteiger partial charge in [0.2, 0.25) is 0 Å². The summed E-state index contributed by atoms with van der Waals surface area (Å²) in [5, 5.41) is 0. The molecule has 2 aromatic carbocycles. The Morgan fingerprint density at radius 2 is 1.95 bits per heavy atom. The molecule has 0 aromatic heterocycles. The second-order valence-corrected chi connectivity index (χ2v) is 5.76. The van der Waals surface area contributed by atoms with Gasteiger partial charge >= 0.3 is 0 Å². The highest BCUT2D eigenvalue weighted by Gasteiger charge is 2.04. The first-order valence-corrected chi connectivity index (χ1v) is 7.12. The van der Waals surface area contributed by atoms with Crippen LogP contribution in [-0.2, 0) is 6.54 Å². The van der Waals surface area contributed by atoms with Gasteiger partial charge in [-0.2, -0.15) is 0 Å². The maximum Gasteiger partial charge on any atom is 0.104 e. The molecular formula is C15H15BrN2S. The Morgan fingerprint density at radius 1 is 1.21 bits per heavy atom. The van der Waals surface area contributed by atoms with Gasteiger partial charge in [0.15, 0.2) is 0 Å². The van der Waals surface area contributed by atoms with Crippen molar-refractivity contribution in [2.75, 3.05) is 11.9 Å². The molecule has 0 radical (unpaired) electrons. The summed E-state index contributed by atoms with van der Waals surface area (Å²) < 4.78 is 1.09. The van der Waals surface area contributed by atoms with E-state index in [2.05, 4.69) is 46.1 Å². The topological polar surface area (TPSA) is 29.3 Å². The third-order valence-electron chi connectivity index (χ3n) is 2.88. The molecule has 2 nitrogen and oxygen atoms in total. The molecule has 0 unspecified atom stereocenters. The SMILES string of the molecule is CN(Cc1cccc(Br)c1)c1cccc(C(N)=S)c1. The number of rotatable bonds is 4. The van der Waals surface area contributed by atoms with Gasteiger partial charge in [-0.05, 0) is 29.8 Å². The standard InChI is InChI=1S/C15H15BrN2S/c1-18(10-11-4-2-6-13(16)8-11)14-7-3-5-12(9-14)15(17)19/h2-9H,10H2,1H3,(H2,17,19). The van der Waals surface area contributed by atoms with E-state index in [4.69, 9.17) is 18.0 Å². The predicted molar refractivity (Wildman–Crippen MR) is 88.6 cm³/mol. The van der Waals surface area contributed by atoms with Crippen LogP contribution in [0, 0.1) is 0 Å². The van der Waals surface area contributed by atoms with Crippen LogP contribution in [0.2, 0.25) is 0 Å². The van der Waals surface area contributed by atoms with Gasteiger partial charge in [-0.3, -0.25) is 0 Å². The molecule has 0 saturated heterocycles. The zero-order valence-electron chi connectivity index (χ0n) is 10.6. The minimum atomic E-state index is 0.428. The van der Waals surface area contributed by atoms with Crippen LogP contribution < -0.4 is 10.6 Å². The van der Waals surface area contributed by atoms with E-state index in [1.807, 2.05) is 30.3 Å². The number of anilines is 1. The summed E-state index contributed by atoms with van der Waals surface area (Å²) in [5.74, 6) is 0. The summed E-state index contributed by atoms with van der Waals surface area (Å²) in [7, 11) is 2.06. The predicted octanol–water partition coefficient (Wildman–Crippen LogP) is 3.72. The molecule has 2 rings (SSSR count). The summed E-state index contributed by atoms with van der Waals surface area (Å²) in [6, 6.07) is 16.3. The van der Waals surface area contributed by atoms with Crippen molar-refractivity contribution in [2.24, 2.45) is 5.73 Å². The largest absolute Gasteiger partial charge is 0.389 e. The van der Waals surface area contributed by atoms with Crippen LogP contribution >= 0.6 is 28.1 Å². The average Bonchev–Trinajstić information content (AvgIpc) is 2.39. The fraction of sp³-hybridized carbons (Fsp3) is 0.133. The second kappa shape index (κ2) is 6.17. The zero-order valence-corrected chi connectivity index (χ0v) is 13.0. The Labute approximate surface area is 127 Å². The Hall–Kier alpha value is -1.39. The normalized spacial score (nSPS) is 10.2. The molecule has 0 saturated carbocycles. The van der Waals surface area contributed by atoms with E-state index < -0.39 is 0 Å². The van der Waals surface area contributed by atoms with Crippen LogP contribution in [0.5, 0.6) is 0 Å². The molecule has 2 aromatic rings. The molecule has 0 bridgehead atoms. The van der Waals surface area contributed by atoms with E-state index in [1.54, 1.807) is 0 Å². The Kier molecular flexibility index (Phi) is 4.56. The lowest BCUT2D eigenvalue weighted by molar-refractivity contribution is 0.922. The van der Waals surface area contributed by atoms with E-state index in [0.29, 0.717) is 4.99 Å². The summed E-state index contributed by atoms with van der Waals surface area (Å²) in [4.78, 5) is 2.60. The number of nitrogens with two attached hydrogens (primary N) is 1. The van der Waals surface area contributed by atoms with Crippen molar-refractivity contribution in [1.82, 2.24) is 0 Å². The molecule has 2 N–H and O–H groups in total. The van der Waals surface area contributed by atoms with E-state index in [-0.39, 0.29) is 0 Å². The van der Waals surface area contributed by atoms with Crippen molar-refractivity contribution < 1.29 is 0 Å². The molecule has 0 aliphatic heterocycles. The summed E-state index contributed by atoms with van der Waals surface area (Å²) in [5.41, 5.74) is 8.91. The Bertz CT molecular complexity index is 598. The zero-order chi connectivity index (χ0) is 13.8. The number of benzene rings is 2. The van der Waals surface area contributed by atoms with Gasteiger partial charge in [0.05, 0.1) is 0 Å². The van der Waals surface area contributed by atoms with Gasteiger partial charge in [-0.25, -0.2) is 0 Å². The third kappa shape index (κ3) is 3.78. The van der Waals surface area contributed by atoms with E-state index >= 15 is 0 Å². The molecule has 4 heteroatoms. The first-order valence-electron chi connectivity index (χ1n) is 5.92. The van der Waals surface area contributed by atoms with Crippen molar-refractivity contribution >= 4 is 38.8 Å². The number of thiocarbonyl (C=S) groups is 1. The third-order valence-corrected chi connectivity index (χ3v) is 3.61. The van der Waals surface area contributed by atoms with Gasteiger partial charge in [0.25, 0.3) is 0 Å². The number of hydrogen-bond acceptors (Lipinski definition) is 2. The lowest BCUT2D eigenvalue weighted by atomic mass is 10.1. The average molecular weight is 335 g/mol. The smallest absolute Gasteiger partial charge is 0.104 e. The quantitative estimate of drug-likeness (QED) is 0.864. The minimum Gasteiger partial charge on any atom is -0.389 e. The maximum atomic E-state index is 5.66. The lowest BCUT2D eigenvalue weighted by Gasteiger charge is -2.20. The van der Waals surface area contributed by atoms with Crippen molar-refractivity contribution in [1.29, 1.82) is 0 Å². The van der Waals surface area contributed by atoms with Crippen molar-refractivity contribution in [2.45, 2.75) is 6.54 Å². The van der Waals surface area contributed by atoms with Crippen molar-refractivity contribution in [3.63, 3.8) is 0 Å². The number of hydrogen-bond donors (Lipinski definition) is 1. The Balaban J connectivity index is 2.18. The fourth-order valence-corrected chi connectivity index (χ4v) is 2.47. The molecule has 0 amide bonds. The first-order chi connectivity index (χ1) is 9.06. The lowest BCUT2D eigenvalue weighted by Crippen LogP contribution is -2.17. The summed E-state index contributed by atoms with van der Waals surface area (Å²) in [6.45, 7) is 0.834. The highest BCUT2D eigenvalue weighted by molar-refractivity contribution is 9.10. The summed E-state index contributed by atoms with van der Waals surface area (Å²) >= 11 is 8.49. The molecule has 0 heterocycles. The summed E-state index contributed by atoms with van der Waals surface area (Å²) in [6.07, 6.45) is 0. The van der Waals surface area contributed by atoms with Crippen LogP contribution in [0.4, 0.5) is 5.69 Å². The van der Waals surface area contributed by atoms with Crippen LogP contribution in [0.1, 0.15) is 11.1 Å².